The highest BCUT2D eigenvalue weighted by Gasteiger charge is 2.46. The van der Waals surface area contributed by atoms with E-state index >= 15 is 0 Å². The van der Waals surface area contributed by atoms with Crippen molar-refractivity contribution in [2.45, 2.75) is 65.1 Å². The molecule has 0 amide bonds. The fourth-order valence-corrected chi connectivity index (χ4v) is 3.36. The number of hydrogen-bond acceptors (Lipinski definition) is 2. The molecule has 1 atom stereocenters. The average molecular weight is 298 g/mol. The molecule has 0 radical (unpaired) electrons. The number of aryl methyl sites for hydroxylation is 2. The zero-order chi connectivity index (χ0) is 16.1. The second-order valence-electron chi connectivity index (χ2n) is 7.40. The Bertz CT molecular complexity index is 713. The summed E-state index contributed by atoms with van der Waals surface area (Å²) in [6.45, 7) is 10.7. The maximum absolute atomic E-state index is 10.3. The van der Waals surface area contributed by atoms with Crippen LogP contribution in [0.4, 0.5) is 0 Å². The molecule has 2 aromatic carbocycles. The summed E-state index contributed by atoms with van der Waals surface area (Å²) >= 11 is 0. The van der Waals surface area contributed by atoms with Crippen molar-refractivity contribution in [3.05, 3.63) is 41.0 Å². The van der Waals surface area contributed by atoms with Gasteiger partial charge in [-0.25, -0.2) is 0 Å². The van der Waals surface area contributed by atoms with E-state index in [-0.39, 0.29) is 5.60 Å². The lowest BCUT2D eigenvalue weighted by molar-refractivity contribution is 0.320. The highest BCUT2D eigenvalue weighted by molar-refractivity contribution is 5.89. The molecule has 0 saturated carbocycles. The lowest BCUT2D eigenvalue weighted by Gasteiger charge is -2.14. The van der Waals surface area contributed by atoms with Gasteiger partial charge in [0.15, 0.2) is 0 Å². The van der Waals surface area contributed by atoms with E-state index in [1.54, 1.807) is 0 Å². The smallest absolute Gasteiger partial charge is 0.119 e. The standard InChI is InChI=1S/C20H26O2/c1-12(2)16-10-14-7-6-13(3)15(17(14)11-18(16)21)8-9-19-20(4,5)22-19/h6-7,10-12,19,21H,8-9H2,1-5H3. The summed E-state index contributed by atoms with van der Waals surface area (Å²) < 4.78 is 5.70. The van der Waals surface area contributed by atoms with Gasteiger partial charge >= 0.3 is 0 Å². The van der Waals surface area contributed by atoms with E-state index in [1.807, 2.05) is 6.07 Å². The molecule has 2 aromatic rings. The summed E-state index contributed by atoms with van der Waals surface area (Å²) in [5.74, 6) is 0.743. The second kappa shape index (κ2) is 5.27. The largest absolute Gasteiger partial charge is 0.508 e. The van der Waals surface area contributed by atoms with Crippen LogP contribution in [0.1, 0.15) is 56.7 Å². The average Bonchev–Trinajstić information content (AvgIpc) is 3.04. The summed E-state index contributed by atoms with van der Waals surface area (Å²) in [7, 11) is 0. The lowest BCUT2D eigenvalue weighted by Crippen LogP contribution is -2.05. The van der Waals surface area contributed by atoms with Crippen LogP contribution in [0, 0.1) is 6.92 Å². The minimum absolute atomic E-state index is 0.0471. The Morgan fingerprint density at radius 2 is 1.91 bits per heavy atom. The SMILES string of the molecule is Cc1ccc2cc(C(C)C)c(O)cc2c1CCC1OC1(C)C. The molecule has 1 saturated heterocycles. The van der Waals surface area contributed by atoms with E-state index in [1.165, 1.54) is 21.9 Å². The van der Waals surface area contributed by atoms with Crippen LogP contribution in [0.5, 0.6) is 5.75 Å². The maximum atomic E-state index is 10.3. The van der Waals surface area contributed by atoms with Crippen molar-refractivity contribution >= 4 is 10.8 Å². The molecule has 118 valence electrons. The zero-order valence-electron chi connectivity index (χ0n) is 14.2. The van der Waals surface area contributed by atoms with Gasteiger partial charge in [0, 0.05) is 0 Å². The Morgan fingerprint density at radius 3 is 2.50 bits per heavy atom. The van der Waals surface area contributed by atoms with E-state index in [2.05, 4.69) is 52.8 Å². The molecule has 2 heteroatoms. The third kappa shape index (κ3) is 2.72. The summed E-state index contributed by atoms with van der Waals surface area (Å²) in [6, 6.07) is 8.44. The van der Waals surface area contributed by atoms with E-state index in [4.69, 9.17) is 4.74 Å². The fourth-order valence-electron chi connectivity index (χ4n) is 3.36. The van der Waals surface area contributed by atoms with E-state index in [0.29, 0.717) is 17.8 Å². The van der Waals surface area contributed by atoms with Crippen molar-refractivity contribution in [3.8, 4) is 5.75 Å². The highest BCUT2D eigenvalue weighted by Crippen LogP contribution is 2.39. The Morgan fingerprint density at radius 1 is 1.23 bits per heavy atom. The molecule has 0 spiro atoms. The first kappa shape index (κ1) is 15.4. The fraction of sp³-hybridized carbons (Fsp3) is 0.500. The number of aromatic hydroxyl groups is 1. The number of rotatable bonds is 4. The zero-order valence-corrected chi connectivity index (χ0v) is 14.2. The summed E-state index contributed by atoms with van der Waals surface area (Å²) in [5, 5.41) is 12.7. The normalized spacial score (nSPS) is 19.8. The van der Waals surface area contributed by atoms with Crippen molar-refractivity contribution in [1.29, 1.82) is 0 Å². The van der Waals surface area contributed by atoms with Crippen LogP contribution in [-0.2, 0) is 11.2 Å². The van der Waals surface area contributed by atoms with Crippen molar-refractivity contribution in [1.82, 2.24) is 0 Å². The monoisotopic (exact) mass is 298 g/mol. The van der Waals surface area contributed by atoms with Crippen molar-refractivity contribution in [3.63, 3.8) is 0 Å². The first-order valence-corrected chi connectivity index (χ1v) is 8.22. The topological polar surface area (TPSA) is 32.8 Å². The van der Waals surface area contributed by atoms with Gasteiger partial charge in [-0.3, -0.25) is 0 Å². The summed E-state index contributed by atoms with van der Waals surface area (Å²) in [6.07, 6.45) is 2.41. The van der Waals surface area contributed by atoms with E-state index in [0.717, 1.165) is 18.4 Å². The minimum Gasteiger partial charge on any atom is -0.508 e. The van der Waals surface area contributed by atoms with Crippen molar-refractivity contribution < 1.29 is 9.84 Å². The van der Waals surface area contributed by atoms with Crippen LogP contribution >= 0.6 is 0 Å². The molecule has 2 nitrogen and oxygen atoms in total. The van der Waals surface area contributed by atoms with Gasteiger partial charge in [-0.2, -0.15) is 0 Å². The van der Waals surface area contributed by atoms with Gasteiger partial charge in [0.1, 0.15) is 5.75 Å². The molecule has 1 unspecified atom stereocenters. The Balaban J connectivity index is 1.97. The Hall–Kier alpha value is -1.54. The molecule has 1 aliphatic heterocycles. The molecule has 1 heterocycles. The third-order valence-corrected chi connectivity index (χ3v) is 4.96. The predicted molar refractivity (Wildman–Crippen MR) is 91.7 cm³/mol. The van der Waals surface area contributed by atoms with Crippen LogP contribution in [0.2, 0.25) is 0 Å². The number of ether oxygens (including phenoxy) is 1. The highest BCUT2D eigenvalue weighted by atomic mass is 16.6. The Kier molecular flexibility index (Phi) is 3.68. The van der Waals surface area contributed by atoms with Crippen LogP contribution < -0.4 is 0 Å². The van der Waals surface area contributed by atoms with Crippen LogP contribution in [0.25, 0.3) is 10.8 Å². The number of fused-ring (bicyclic) bond motifs is 1. The predicted octanol–water partition coefficient (Wildman–Crippen LogP) is 5.09. The van der Waals surface area contributed by atoms with Crippen molar-refractivity contribution in [2.75, 3.05) is 0 Å². The maximum Gasteiger partial charge on any atom is 0.119 e. The third-order valence-electron chi connectivity index (χ3n) is 4.96. The first-order valence-electron chi connectivity index (χ1n) is 8.22. The van der Waals surface area contributed by atoms with E-state index in [9.17, 15) is 5.11 Å². The molecular weight excluding hydrogens is 272 g/mol. The molecule has 1 N–H and O–H groups in total. The second-order valence-corrected chi connectivity index (χ2v) is 7.40. The molecular formula is C20H26O2. The molecule has 1 fully saturated rings. The molecule has 0 bridgehead atoms. The number of benzene rings is 2. The number of phenolic OH excluding ortho intramolecular Hbond substituents is 1. The van der Waals surface area contributed by atoms with Crippen LogP contribution in [0.15, 0.2) is 24.3 Å². The molecule has 3 rings (SSSR count). The molecule has 1 aliphatic rings. The van der Waals surface area contributed by atoms with Gasteiger partial charge in [0.2, 0.25) is 0 Å². The van der Waals surface area contributed by atoms with E-state index < -0.39 is 0 Å². The van der Waals surface area contributed by atoms with Gasteiger partial charge < -0.3 is 9.84 Å². The van der Waals surface area contributed by atoms with Gasteiger partial charge in [-0.05, 0) is 79.1 Å². The van der Waals surface area contributed by atoms with Crippen LogP contribution in [0.3, 0.4) is 0 Å². The van der Waals surface area contributed by atoms with Gasteiger partial charge in [0.05, 0.1) is 11.7 Å². The number of epoxide rings is 1. The molecule has 0 aliphatic carbocycles. The lowest BCUT2D eigenvalue weighted by atomic mass is 9.91. The summed E-state index contributed by atoms with van der Waals surface area (Å²) in [5.41, 5.74) is 3.71. The number of phenols is 1. The van der Waals surface area contributed by atoms with Crippen molar-refractivity contribution in [2.24, 2.45) is 0 Å². The molecule has 22 heavy (non-hydrogen) atoms. The van der Waals surface area contributed by atoms with Crippen LogP contribution in [-0.4, -0.2) is 16.8 Å². The summed E-state index contributed by atoms with van der Waals surface area (Å²) in [4.78, 5) is 0. The van der Waals surface area contributed by atoms with Gasteiger partial charge in [0.25, 0.3) is 0 Å². The van der Waals surface area contributed by atoms with Gasteiger partial charge in [-0.15, -0.1) is 0 Å². The first-order chi connectivity index (χ1) is 10.3. The van der Waals surface area contributed by atoms with Gasteiger partial charge in [-0.1, -0.05) is 26.0 Å². The number of hydrogen-bond donors (Lipinski definition) is 1. The molecule has 0 aromatic heterocycles. The quantitative estimate of drug-likeness (QED) is 0.798. The Labute approximate surface area is 133 Å². The minimum atomic E-state index is 0.0471.